The SMILES string of the molecule is Cc1onc(-c2ccc(F)cc2)c1C(=O)Nc1cc(Cl)cc(Cl)c1. The van der Waals surface area contributed by atoms with Crippen molar-refractivity contribution in [3.63, 3.8) is 0 Å². The molecule has 0 atom stereocenters. The molecule has 0 spiro atoms. The van der Waals surface area contributed by atoms with Crippen LogP contribution in [0.25, 0.3) is 11.3 Å². The van der Waals surface area contributed by atoms with Gasteiger partial charge in [-0.25, -0.2) is 4.39 Å². The van der Waals surface area contributed by atoms with Gasteiger partial charge >= 0.3 is 0 Å². The zero-order valence-electron chi connectivity index (χ0n) is 12.4. The lowest BCUT2D eigenvalue weighted by atomic mass is 10.1. The quantitative estimate of drug-likeness (QED) is 0.681. The lowest BCUT2D eigenvalue weighted by Gasteiger charge is -2.07. The van der Waals surface area contributed by atoms with Crippen molar-refractivity contribution in [1.82, 2.24) is 5.16 Å². The summed E-state index contributed by atoms with van der Waals surface area (Å²) in [5.41, 5.74) is 1.61. The number of aromatic nitrogens is 1. The van der Waals surface area contributed by atoms with Crippen molar-refractivity contribution in [3.05, 3.63) is 69.7 Å². The monoisotopic (exact) mass is 364 g/mol. The largest absolute Gasteiger partial charge is 0.360 e. The molecule has 1 heterocycles. The molecule has 0 saturated carbocycles. The molecule has 0 saturated heterocycles. The highest BCUT2D eigenvalue weighted by Gasteiger charge is 2.22. The summed E-state index contributed by atoms with van der Waals surface area (Å²) in [5.74, 6) is -0.454. The molecular formula is C17H11Cl2FN2O2. The van der Waals surface area contributed by atoms with E-state index in [2.05, 4.69) is 10.5 Å². The molecule has 1 amide bonds. The number of benzene rings is 2. The van der Waals surface area contributed by atoms with Gasteiger partial charge < -0.3 is 9.84 Å². The Kier molecular flexibility index (Phi) is 4.55. The van der Waals surface area contributed by atoms with E-state index >= 15 is 0 Å². The molecule has 0 aliphatic rings. The molecule has 4 nitrogen and oxygen atoms in total. The molecule has 1 N–H and O–H groups in total. The Labute approximate surface area is 147 Å². The minimum absolute atomic E-state index is 0.262. The van der Waals surface area contributed by atoms with Gasteiger partial charge in [0, 0.05) is 21.3 Å². The zero-order valence-corrected chi connectivity index (χ0v) is 14.0. The summed E-state index contributed by atoms with van der Waals surface area (Å²) in [4.78, 5) is 12.6. The van der Waals surface area contributed by atoms with Gasteiger partial charge in [-0.2, -0.15) is 0 Å². The summed E-state index contributed by atoms with van der Waals surface area (Å²) in [6.07, 6.45) is 0. The first-order valence-corrected chi connectivity index (χ1v) is 7.69. The van der Waals surface area contributed by atoms with Crippen molar-refractivity contribution in [2.45, 2.75) is 6.92 Å². The first kappa shape index (κ1) is 16.5. The van der Waals surface area contributed by atoms with Crippen LogP contribution >= 0.6 is 23.2 Å². The fourth-order valence-electron chi connectivity index (χ4n) is 2.26. The topological polar surface area (TPSA) is 55.1 Å². The van der Waals surface area contributed by atoms with E-state index in [0.717, 1.165) is 0 Å². The molecule has 2 aromatic carbocycles. The number of halogens is 3. The van der Waals surface area contributed by atoms with Gasteiger partial charge in [0.15, 0.2) is 0 Å². The van der Waals surface area contributed by atoms with Crippen molar-refractivity contribution in [2.24, 2.45) is 0 Å². The van der Waals surface area contributed by atoms with Crippen molar-refractivity contribution in [1.29, 1.82) is 0 Å². The molecule has 0 radical (unpaired) electrons. The Morgan fingerprint density at radius 2 is 1.75 bits per heavy atom. The maximum absolute atomic E-state index is 13.1. The molecule has 1 aromatic heterocycles. The Morgan fingerprint density at radius 1 is 1.12 bits per heavy atom. The number of rotatable bonds is 3. The number of carbonyl (C=O) groups is 1. The fraction of sp³-hybridized carbons (Fsp3) is 0.0588. The van der Waals surface area contributed by atoms with Gasteiger partial charge in [-0.15, -0.1) is 0 Å². The maximum Gasteiger partial charge on any atom is 0.261 e. The van der Waals surface area contributed by atoms with Crippen LogP contribution in [0.3, 0.4) is 0 Å². The Balaban J connectivity index is 1.95. The summed E-state index contributed by atoms with van der Waals surface area (Å²) in [7, 11) is 0. The second kappa shape index (κ2) is 6.63. The zero-order chi connectivity index (χ0) is 17.3. The van der Waals surface area contributed by atoms with E-state index in [9.17, 15) is 9.18 Å². The van der Waals surface area contributed by atoms with Gasteiger partial charge in [0.2, 0.25) is 0 Å². The van der Waals surface area contributed by atoms with E-state index < -0.39 is 5.91 Å². The molecule has 0 unspecified atom stereocenters. The molecule has 0 fully saturated rings. The van der Waals surface area contributed by atoms with E-state index in [1.807, 2.05) is 0 Å². The van der Waals surface area contributed by atoms with E-state index in [1.165, 1.54) is 24.3 Å². The van der Waals surface area contributed by atoms with E-state index in [4.69, 9.17) is 27.7 Å². The number of carbonyl (C=O) groups excluding carboxylic acids is 1. The van der Waals surface area contributed by atoms with E-state index in [1.54, 1.807) is 25.1 Å². The van der Waals surface area contributed by atoms with Gasteiger partial charge in [-0.05, 0) is 49.4 Å². The minimum Gasteiger partial charge on any atom is -0.360 e. The second-order valence-electron chi connectivity index (χ2n) is 5.08. The van der Waals surface area contributed by atoms with Crippen molar-refractivity contribution in [2.75, 3.05) is 5.32 Å². The summed E-state index contributed by atoms with van der Waals surface area (Å²) >= 11 is 11.9. The van der Waals surface area contributed by atoms with E-state index in [-0.39, 0.29) is 11.4 Å². The number of aryl methyl sites for hydroxylation is 1. The first-order chi connectivity index (χ1) is 11.4. The Hall–Kier alpha value is -2.37. The van der Waals surface area contributed by atoms with Crippen LogP contribution in [0.15, 0.2) is 47.0 Å². The minimum atomic E-state index is -0.425. The molecule has 24 heavy (non-hydrogen) atoms. The molecule has 7 heteroatoms. The fourth-order valence-corrected chi connectivity index (χ4v) is 2.79. The van der Waals surface area contributed by atoms with E-state index in [0.29, 0.717) is 32.8 Å². The van der Waals surface area contributed by atoms with Crippen LogP contribution in [0, 0.1) is 12.7 Å². The summed E-state index contributed by atoms with van der Waals surface area (Å²) < 4.78 is 18.2. The lowest BCUT2D eigenvalue weighted by molar-refractivity contribution is 0.102. The number of anilines is 1. The normalized spacial score (nSPS) is 10.7. The highest BCUT2D eigenvalue weighted by Crippen LogP contribution is 2.28. The van der Waals surface area contributed by atoms with Gasteiger partial charge in [0.05, 0.1) is 0 Å². The average molecular weight is 365 g/mol. The smallest absolute Gasteiger partial charge is 0.261 e. The predicted octanol–water partition coefficient (Wildman–Crippen LogP) is 5.35. The van der Waals surface area contributed by atoms with Crippen molar-refractivity contribution >= 4 is 34.8 Å². The van der Waals surface area contributed by atoms with Crippen molar-refractivity contribution < 1.29 is 13.7 Å². The maximum atomic E-state index is 13.1. The third-order valence-corrected chi connectivity index (χ3v) is 3.76. The highest BCUT2D eigenvalue weighted by molar-refractivity contribution is 6.35. The van der Waals surface area contributed by atoms with Crippen LogP contribution in [0.4, 0.5) is 10.1 Å². The molecule has 3 rings (SSSR count). The third-order valence-electron chi connectivity index (χ3n) is 3.33. The van der Waals surface area contributed by atoms with Crippen LogP contribution < -0.4 is 5.32 Å². The Bertz CT molecular complexity index is 887. The Morgan fingerprint density at radius 3 is 2.38 bits per heavy atom. The van der Waals surface area contributed by atoms with Gasteiger partial charge in [-0.1, -0.05) is 28.4 Å². The predicted molar refractivity (Wildman–Crippen MR) is 91.0 cm³/mol. The van der Waals surface area contributed by atoms with Crippen molar-refractivity contribution in [3.8, 4) is 11.3 Å². The molecule has 3 aromatic rings. The molecule has 0 aliphatic carbocycles. The first-order valence-electron chi connectivity index (χ1n) is 6.93. The lowest BCUT2D eigenvalue weighted by Crippen LogP contribution is -2.13. The summed E-state index contributed by atoms with van der Waals surface area (Å²) in [6, 6.07) is 10.3. The standard InChI is InChI=1S/C17H11Cl2FN2O2/c1-9-15(16(22-24-9)10-2-4-13(20)5-3-10)17(23)21-14-7-11(18)6-12(19)8-14/h2-8H,1H3,(H,21,23). The highest BCUT2D eigenvalue weighted by atomic mass is 35.5. The number of amides is 1. The second-order valence-corrected chi connectivity index (χ2v) is 5.95. The van der Waals surface area contributed by atoms with Crippen LogP contribution in [-0.2, 0) is 0 Å². The number of nitrogens with one attached hydrogen (secondary N) is 1. The third kappa shape index (κ3) is 3.42. The summed E-state index contributed by atoms with van der Waals surface area (Å²) in [5, 5.41) is 7.41. The van der Waals surface area contributed by atoms with Gasteiger partial charge in [0.1, 0.15) is 22.8 Å². The van der Waals surface area contributed by atoms with Crippen LogP contribution in [0.2, 0.25) is 10.0 Å². The van der Waals surface area contributed by atoms with Crippen LogP contribution in [-0.4, -0.2) is 11.1 Å². The van der Waals surface area contributed by atoms with Gasteiger partial charge in [-0.3, -0.25) is 4.79 Å². The molecule has 0 aliphatic heterocycles. The molecular weight excluding hydrogens is 354 g/mol. The van der Waals surface area contributed by atoms with Gasteiger partial charge in [0.25, 0.3) is 5.91 Å². The summed E-state index contributed by atoms with van der Waals surface area (Å²) in [6.45, 7) is 1.62. The molecule has 0 bridgehead atoms. The van der Waals surface area contributed by atoms with Crippen LogP contribution in [0.5, 0.6) is 0 Å². The average Bonchev–Trinajstić information content (AvgIpc) is 2.88. The number of hydrogen-bond donors (Lipinski definition) is 1. The number of nitrogens with zero attached hydrogens (tertiary/aromatic N) is 1. The molecule has 122 valence electrons. The number of hydrogen-bond acceptors (Lipinski definition) is 3. The van der Waals surface area contributed by atoms with Crippen LogP contribution in [0.1, 0.15) is 16.1 Å².